The summed E-state index contributed by atoms with van der Waals surface area (Å²) < 4.78 is 50.7. The van der Waals surface area contributed by atoms with Crippen LogP contribution < -0.4 is 15.5 Å². The number of hydrogen-bond acceptors (Lipinski definition) is 8. The standard InChI is InChI=1S/C31H35F3N8O2/c1-29(5-3-6-29)37-17-20-13-22-23(24(14-20)31(32,33)34)18-42(27(22)43)26-16-21(15-25(39-26)36-10-4-9-35)30(7-11-44-12-8-30)28-40-38-19-41(28)2/h13-16,19,37H,3-8,10-12,17-18H2,1-2H3,(H,36,39). The predicted molar refractivity (Wildman–Crippen MR) is 156 cm³/mol. The number of carbonyl (C=O) groups is 1. The molecule has 1 saturated heterocycles. The molecule has 10 nitrogen and oxygen atoms in total. The average molecular weight is 609 g/mol. The number of pyridine rings is 1. The van der Waals surface area contributed by atoms with Gasteiger partial charge in [-0.3, -0.25) is 9.69 Å². The summed E-state index contributed by atoms with van der Waals surface area (Å²) in [5, 5.41) is 24.1. The molecule has 3 aromatic rings. The Hall–Kier alpha value is -4.02. The summed E-state index contributed by atoms with van der Waals surface area (Å²) in [6.45, 7) is 3.30. The molecule has 2 N–H and O–H groups in total. The molecule has 4 heterocycles. The Morgan fingerprint density at radius 1 is 1.14 bits per heavy atom. The topological polar surface area (TPSA) is 121 Å². The van der Waals surface area contributed by atoms with Crippen LogP contribution in [0.25, 0.3) is 0 Å². The van der Waals surface area contributed by atoms with Crippen LogP contribution in [0, 0.1) is 11.3 Å². The second-order valence-electron chi connectivity index (χ2n) is 12.2. The van der Waals surface area contributed by atoms with Crippen molar-refractivity contribution in [1.82, 2.24) is 25.1 Å². The zero-order valence-electron chi connectivity index (χ0n) is 24.8. The number of fused-ring (bicyclic) bond motifs is 1. The van der Waals surface area contributed by atoms with E-state index < -0.39 is 23.1 Å². The van der Waals surface area contributed by atoms with E-state index in [-0.39, 0.29) is 42.0 Å². The van der Waals surface area contributed by atoms with E-state index in [1.807, 2.05) is 17.7 Å². The number of aryl methyl sites for hydroxylation is 1. The van der Waals surface area contributed by atoms with E-state index >= 15 is 0 Å². The van der Waals surface area contributed by atoms with E-state index in [2.05, 4.69) is 38.8 Å². The molecule has 0 spiro atoms. The van der Waals surface area contributed by atoms with E-state index in [4.69, 9.17) is 10.00 Å². The molecule has 3 aliphatic rings. The lowest BCUT2D eigenvalue weighted by atomic mass is 9.73. The number of anilines is 2. The van der Waals surface area contributed by atoms with Gasteiger partial charge in [0, 0.05) is 44.5 Å². The molecule has 1 aliphatic carbocycles. The third-order valence-electron chi connectivity index (χ3n) is 9.25. The Balaban J connectivity index is 1.41. The van der Waals surface area contributed by atoms with Crippen LogP contribution in [-0.4, -0.2) is 51.0 Å². The number of amides is 1. The van der Waals surface area contributed by atoms with Gasteiger partial charge in [-0.25, -0.2) is 4.98 Å². The molecule has 0 bridgehead atoms. The summed E-state index contributed by atoms with van der Waals surface area (Å²) in [6.07, 6.45) is 1.40. The largest absolute Gasteiger partial charge is 0.416 e. The fourth-order valence-electron chi connectivity index (χ4n) is 6.55. The van der Waals surface area contributed by atoms with Gasteiger partial charge < -0.3 is 19.9 Å². The first-order valence-corrected chi connectivity index (χ1v) is 14.9. The summed E-state index contributed by atoms with van der Waals surface area (Å²) in [6, 6.07) is 8.46. The van der Waals surface area contributed by atoms with Crippen LogP contribution in [-0.2, 0) is 36.5 Å². The third-order valence-corrected chi connectivity index (χ3v) is 9.25. The van der Waals surface area contributed by atoms with Gasteiger partial charge in [0.25, 0.3) is 5.91 Å². The molecule has 13 heteroatoms. The van der Waals surface area contributed by atoms with Crippen molar-refractivity contribution >= 4 is 17.5 Å². The monoisotopic (exact) mass is 608 g/mol. The van der Waals surface area contributed by atoms with Crippen LogP contribution in [0.5, 0.6) is 0 Å². The molecule has 2 fully saturated rings. The van der Waals surface area contributed by atoms with Crippen molar-refractivity contribution in [2.24, 2.45) is 7.05 Å². The molecule has 0 atom stereocenters. The maximum absolute atomic E-state index is 14.4. The van der Waals surface area contributed by atoms with Crippen molar-refractivity contribution in [3.63, 3.8) is 0 Å². The van der Waals surface area contributed by atoms with Gasteiger partial charge in [0.1, 0.15) is 23.8 Å². The lowest BCUT2D eigenvalue weighted by Crippen LogP contribution is -2.47. The van der Waals surface area contributed by atoms with Crippen molar-refractivity contribution in [3.8, 4) is 6.07 Å². The Morgan fingerprint density at radius 2 is 1.91 bits per heavy atom. The van der Waals surface area contributed by atoms with E-state index in [0.717, 1.165) is 30.9 Å². The number of aromatic nitrogens is 4. The van der Waals surface area contributed by atoms with Gasteiger partial charge >= 0.3 is 6.18 Å². The summed E-state index contributed by atoms with van der Waals surface area (Å²) in [4.78, 5) is 19.9. The lowest BCUT2D eigenvalue weighted by molar-refractivity contribution is -0.138. The van der Waals surface area contributed by atoms with E-state index in [1.54, 1.807) is 18.5 Å². The predicted octanol–water partition coefficient (Wildman–Crippen LogP) is 4.84. The zero-order chi connectivity index (χ0) is 31.1. The van der Waals surface area contributed by atoms with Gasteiger partial charge in [-0.15, -0.1) is 10.2 Å². The minimum absolute atomic E-state index is 0.0376. The van der Waals surface area contributed by atoms with Crippen molar-refractivity contribution in [2.75, 3.05) is 30.0 Å². The van der Waals surface area contributed by atoms with Gasteiger partial charge in [0.2, 0.25) is 0 Å². The number of halogens is 3. The van der Waals surface area contributed by atoms with Crippen molar-refractivity contribution < 1.29 is 22.7 Å². The number of carbonyl (C=O) groups excluding carboxylic acids is 1. The van der Waals surface area contributed by atoms with Crippen molar-refractivity contribution in [2.45, 2.75) is 75.7 Å². The highest BCUT2D eigenvalue weighted by atomic mass is 19.4. The highest BCUT2D eigenvalue weighted by molar-refractivity contribution is 6.10. The zero-order valence-corrected chi connectivity index (χ0v) is 24.8. The van der Waals surface area contributed by atoms with Crippen LogP contribution in [0.2, 0.25) is 0 Å². The maximum atomic E-state index is 14.4. The molecule has 6 rings (SSSR count). The highest BCUT2D eigenvalue weighted by Crippen LogP contribution is 2.44. The molecular formula is C31H35F3N8O2. The first-order valence-electron chi connectivity index (χ1n) is 14.9. The molecule has 44 heavy (non-hydrogen) atoms. The molecule has 0 unspecified atom stereocenters. The first-order chi connectivity index (χ1) is 21.0. The first kappa shape index (κ1) is 30.0. The molecule has 0 radical (unpaired) electrons. The maximum Gasteiger partial charge on any atom is 0.416 e. The number of nitriles is 1. The van der Waals surface area contributed by atoms with Crippen molar-refractivity contribution in [3.05, 3.63) is 64.2 Å². The van der Waals surface area contributed by atoms with Gasteiger partial charge in [-0.2, -0.15) is 18.4 Å². The molecular weight excluding hydrogens is 573 g/mol. The van der Waals surface area contributed by atoms with Gasteiger partial charge in [0.15, 0.2) is 0 Å². The summed E-state index contributed by atoms with van der Waals surface area (Å²) in [5.41, 5.74) is -0.337. The molecule has 232 valence electrons. The van der Waals surface area contributed by atoms with Gasteiger partial charge in [0.05, 0.1) is 30.0 Å². The lowest BCUT2D eigenvalue weighted by Gasteiger charge is -2.39. The Morgan fingerprint density at radius 3 is 2.55 bits per heavy atom. The fraction of sp³-hybridized carbons (Fsp3) is 0.516. The minimum Gasteiger partial charge on any atom is -0.381 e. The van der Waals surface area contributed by atoms with Gasteiger partial charge in [-0.1, -0.05) is 0 Å². The van der Waals surface area contributed by atoms with Crippen LogP contribution in [0.15, 0.2) is 30.6 Å². The summed E-state index contributed by atoms with van der Waals surface area (Å²) in [5.74, 6) is 0.827. The second kappa shape index (κ2) is 11.5. The molecule has 1 amide bonds. The number of nitrogens with one attached hydrogen (secondary N) is 2. The van der Waals surface area contributed by atoms with E-state index in [1.165, 1.54) is 4.90 Å². The molecule has 1 saturated carbocycles. The second-order valence-corrected chi connectivity index (χ2v) is 12.2. The Kier molecular flexibility index (Phi) is 7.83. The number of nitrogens with zero attached hydrogens (tertiary/aromatic N) is 6. The van der Waals surface area contributed by atoms with Crippen LogP contribution >= 0.6 is 0 Å². The minimum atomic E-state index is -4.63. The number of alkyl halides is 3. The Labute approximate surface area is 253 Å². The Bertz CT molecular complexity index is 1600. The average Bonchev–Trinajstić information content (AvgIpc) is 3.57. The quantitative estimate of drug-likeness (QED) is 0.331. The normalized spacial score (nSPS) is 18.9. The fourth-order valence-corrected chi connectivity index (χ4v) is 6.55. The smallest absolute Gasteiger partial charge is 0.381 e. The number of hydrogen-bond donors (Lipinski definition) is 2. The van der Waals surface area contributed by atoms with Crippen LogP contribution in [0.4, 0.5) is 24.8 Å². The van der Waals surface area contributed by atoms with E-state index in [9.17, 15) is 18.0 Å². The highest BCUT2D eigenvalue weighted by Gasteiger charge is 2.44. The third kappa shape index (κ3) is 5.52. The number of benzene rings is 1. The van der Waals surface area contributed by atoms with E-state index in [0.29, 0.717) is 49.8 Å². The summed E-state index contributed by atoms with van der Waals surface area (Å²) in [7, 11) is 1.86. The number of ether oxygens (including phenoxy) is 1. The van der Waals surface area contributed by atoms with Crippen molar-refractivity contribution in [1.29, 1.82) is 5.26 Å². The number of rotatable bonds is 9. The molecule has 2 aromatic heterocycles. The summed E-state index contributed by atoms with van der Waals surface area (Å²) >= 11 is 0. The van der Waals surface area contributed by atoms with Crippen LogP contribution in [0.1, 0.15) is 83.9 Å². The van der Waals surface area contributed by atoms with Crippen LogP contribution in [0.3, 0.4) is 0 Å². The SMILES string of the molecule is Cn1cnnc1C1(c2cc(NCCC#N)nc(N3Cc4c(cc(CNC5(C)CCC5)cc4C(F)(F)F)C3=O)c2)CCOCC1. The van der Waals surface area contributed by atoms with Gasteiger partial charge in [-0.05, 0) is 80.0 Å². The molecule has 2 aliphatic heterocycles. The molecule has 1 aromatic carbocycles.